The molecule has 34 heavy (non-hydrogen) atoms. The van der Waals surface area contributed by atoms with Crippen molar-refractivity contribution in [3.05, 3.63) is 88.1 Å². The fraction of sp³-hybridized carbons (Fsp3) is 0.280. The molecule has 0 aliphatic carbocycles. The van der Waals surface area contributed by atoms with Gasteiger partial charge in [0.1, 0.15) is 5.54 Å². The molecule has 1 aliphatic heterocycles. The summed E-state index contributed by atoms with van der Waals surface area (Å²) in [6.45, 7) is 3.57. The van der Waals surface area contributed by atoms with Crippen molar-refractivity contribution in [1.82, 2.24) is 14.5 Å². The minimum Gasteiger partial charge on any atom is -0.350 e. The van der Waals surface area contributed by atoms with Crippen molar-refractivity contribution in [2.45, 2.75) is 37.4 Å². The van der Waals surface area contributed by atoms with Gasteiger partial charge in [-0.2, -0.15) is 4.31 Å². The maximum Gasteiger partial charge on any atom is 0.247 e. The molecule has 4 rings (SSSR count). The molecule has 2 heterocycles. The van der Waals surface area contributed by atoms with Gasteiger partial charge in [0, 0.05) is 18.0 Å². The third kappa shape index (κ3) is 4.91. The first-order valence-electron chi connectivity index (χ1n) is 10.9. The first-order valence-corrected chi connectivity index (χ1v) is 13.2. The lowest BCUT2D eigenvalue weighted by atomic mass is 9.95. The van der Waals surface area contributed by atoms with E-state index in [2.05, 4.69) is 5.32 Å². The Morgan fingerprint density at radius 3 is 2.41 bits per heavy atom. The van der Waals surface area contributed by atoms with Crippen molar-refractivity contribution >= 4 is 33.2 Å². The Morgan fingerprint density at radius 1 is 1.06 bits per heavy atom. The maximum atomic E-state index is 13.5. The molecule has 1 atom stereocenters. The Balaban J connectivity index is 1.64. The number of piperazine rings is 1. The fourth-order valence-corrected chi connectivity index (χ4v) is 6.18. The molecule has 2 aromatic carbocycles. The van der Waals surface area contributed by atoms with Crippen LogP contribution in [0.2, 0.25) is 0 Å². The number of benzene rings is 2. The van der Waals surface area contributed by atoms with Crippen molar-refractivity contribution in [3.63, 3.8) is 0 Å². The maximum absolute atomic E-state index is 13.5. The Kier molecular flexibility index (Phi) is 6.88. The normalized spacial score (nSPS) is 19.2. The number of hydrogen-bond acceptors (Lipinski definition) is 5. The number of thiophene rings is 1. The Bertz CT molecular complexity index is 1260. The average Bonchev–Trinajstić information content (AvgIpc) is 3.34. The molecule has 1 N–H and O–H groups in total. The summed E-state index contributed by atoms with van der Waals surface area (Å²) in [6.07, 6.45) is 0. The van der Waals surface area contributed by atoms with Gasteiger partial charge in [0.25, 0.3) is 0 Å². The van der Waals surface area contributed by atoms with Gasteiger partial charge in [-0.15, -0.1) is 11.3 Å². The van der Waals surface area contributed by atoms with Crippen LogP contribution < -0.4 is 5.32 Å². The molecule has 0 unspecified atom stereocenters. The van der Waals surface area contributed by atoms with E-state index >= 15 is 0 Å². The van der Waals surface area contributed by atoms with Gasteiger partial charge in [-0.3, -0.25) is 9.59 Å². The summed E-state index contributed by atoms with van der Waals surface area (Å²) in [5, 5.41) is 4.82. The van der Waals surface area contributed by atoms with Gasteiger partial charge >= 0.3 is 0 Å². The van der Waals surface area contributed by atoms with Crippen molar-refractivity contribution < 1.29 is 18.0 Å². The minimum absolute atomic E-state index is 0.102. The number of amides is 2. The molecule has 2 amide bonds. The van der Waals surface area contributed by atoms with E-state index in [1.54, 1.807) is 19.1 Å². The molecule has 1 saturated heterocycles. The smallest absolute Gasteiger partial charge is 0.247 e. The van der Waals surface area contributed by atoms with Crippen LogP contribution in [0.5, 0.6) is 0 Å². The van der Waals surface area contributed by atoms with Crippen molar-refractivity contribution in [2.75, 3.05) is 13.1 Å². The van der Waals surface area contributed by atoms with Gasteiger partial charge in [-0.1, -0.05) is 54.1 Å². The van der Waals surface area contributed by atoms with Gasteiger partial charge in [0.15, 0.2) is 0 Å². The zero-order valence-electron chi connectivity index (χ0n) is 19.1. The van der Waals surface area contributed by atoms with Crippen LogP contribution in [0.3, 0.4) is 0 Å². The second-order valence-electron chi connectivity index (χ2n) is 8.59. The van der Waals surface area contributed by atoms with Crippen LogP contribution in [0.1, 0.15) is 22.9 Å². The average molecular weight is 498 g/mol. The van der Waals surface area contributed by atoms with E-state index in [0.717, 1.165) is 20.3 Å². The standard InChI is InChI=1S/C25H27N3O4S2/c1-19-10-12-22(13-11-19)34(31,32)27-17-23(29)28(16-21-9-6-14-33-21)25(2,18-27)24(30)26-15-20-7-4-3-5-8-20/h3-14H,15-18H2,1-2H3,(H,26,30)/t25-/m0/s1. The molecular weight excluding hydrogens is 470 g/mol. The molecule has 1 fully saturated rings. The number of nitrogens with one attached hydrogen (secondary N) is 1. The topological polar surface area (TPSA) is 86.8 Å². The van der Waals surface area contributed by atoms with Crippen LogP contribution in [0.15, 0.2) is 77.0 Å². The van der Waals surface area contributed by atoms with E-state index in [1.165, 1.54) is 28.4 Å². The molecule has 0 bridgehead atoms. The summed E-state index contributed by atoms with van der Waals surface area (Å²) in [4.78, 5) is 29.3. The van der Waals surface area contributed by atoms with Gasteiger partial charge < -0.3 is 10.2 Å². The van der Waals surface area contributed by atoms with Crippen LogP contribution in [0, 0.1) is 6.92 Å². The first kappa shape index (κ1) is 24.1. The van der Waals surface area contributed by atoms with E-state index < -0.39 is 27.4 Å². The number of rotatable bonds is 7. The van der Waals surface area contributed by atoms with Crippen molar-refractivity contribution in [2.24, 2.45) is 0 Å². The predicted octanol–water partition coefficient (Wildman–Crippen LogP) is 3.16. The highest BCUT2D eigenvalue weighted by Gasteiger charge is 2.50. The fourth-order valence-electron chi connectivity index (χ4n) is 4.01. The van der Waals surface area contributed by atoms with Crippen molar-refractivity contribution in [3.8, 4) is 0 Å². The first-order chi connectivity index (χ1) is 16.2. The van der Waals surface area contributed by atoms with E-state index in [9.17, 15) is 18.0 Å². The number of carbonyl (C=O) groups is 2. The molecule has 0 spiro atoms. The highest BCUT2D eigenvalue weighted by atomic mass is 32.2. The summed E-state index contributed by atoms with van der Waals surface area (Å²) >= 11 is 1.49. The van der Waals surface area contributed by atoms with Crippen LogP contribution in [-0.4, -0.2) is 48.1 Å². The van der Waals surface area contributed by atoms with Gasteiger partial charge in [0.2, 0.25) is 21.8 Å². The SMILES string of the molecule is Cc1ccc(S(=O)(=O)N2CC(=O)N(Cc3cccs3)[C@](C)(C(=O)NCc3ccccc3)C2)cc1. The highest BCUT2D eigenvalue weighted by Crippen LogP contribution is 2.30. The van der Waals surface area contributed by atoms with E-state index in [-0.39, 0.29) is 31.1 Å². The summed E-state index contributed by atoms with van der Waals surface area (Å²) < 4.78 is 27.9. The molecular formula is C25H27N3O4S2. The van der Waals surface area contributed by atoms with Gasteiger partial charge in [0.05, 0.1) is 18.0 Å². The van der Waals surface area contributed by atoms with E-state index in [1.807, 2.05) is 54.8 Å². The Labute approximate surface area is 204 Å². The number of aryl methyl sites for hydroxylation is 1. The molecule has 1 aromatic heterocycles. The molecule has 0 saturated carbocycles. The third-order valence-electron chi connectivity index (χ3n) is 6.03. The third-order valence-corrected chi connectivity index (χ3v) is 8.70. The summed E-state index contributed by atoms with van der Waals surface area (Å²) in [7, 11) is -3.96. The van der Waals surface area contributed by atoms with Crippen LogP contribution >= 0.6 is 11.3 Å². The van der Waals surface area contributed by atoms with Crippen LogP contribution in [0.4, 0.5) is 0 Å². The lowest BCUT2D eigenvalue weighted by Crippen LogP contribution is -2.69. The summed E-state index contributed by atoms with van der Waals surface area (Å²) in [5.41, 5.74) is 0.461. The van der Waals surface area contributed by atoms with E-state index in [4.69, 9.17) is 0 Å². The molecule has 9 heteroatoms. The quantitative estimate of drug-likeness (QED) is 0.543. The van der Waals surface area contributed by atoms with Gasteiger partial charge in [-0.25, -0.2) is 8.42 Å². The molecule has 7 nitrogen and oxygen atoms in total. The minimum atomic E-state index is -3.96. The number of sulfonamides is 1. The Hall–Kier alpha value is -3.01. The van der Waals surface area contributed by atoms with Crippen LogP contribution in [0.25, 0.3) is 0 Å². The van der Waals surface area contributed by atoms with E-state index in [0.29, 0.717) is 0 Å². The van der Waals surface area contributed by atoms with Crippen molar-refractivity contribution in [1.29, 1.82) is 0 Å². The molecule has 1 aliphatic rings. The zero-order valence-corrected chi connectivity index (χ0v) is 20.7. The summed E-state index contributed by atoms with van der Waals surface area (Å²) in [6, 6.07) is 19.7. The highest BCUT2D eigenvalue weighted by molar-refractivity contribution is 7.89. The Morgan fingerprint density at radius 2 is 1.76 bits per heavy atom. The summed E-state index contributed by atoms with van der Waals surface area (Å²) in [5.74, 6) is -0.808. The second kappa shape index (κ2) is 9.69. The monoisotopic (exact) mass is 497 g/mol. The second-order valence-corrected chi connectivity index (χ2v) is 11.6. The molecule has 178 valence electrons. The largest absolute Gasteiger partial charge is 0.350 e. The molecule has 0 radical (unpaired) electrons. The number of nitrogens with zero attached hydrogens (tertiary/aromatic N) is 2. The number of hydrogen-bond donors (Lipinski definition) is 1. The zero-order chi connectivity index (χ0) is 24.3. The van der Waals surface area contributed by atoms with Crippen LogP contribution in [-0.2, 0) is 32.7 Å². The lowest BCUT2D eigenvalue weighted by Gasteiger charge is -2.46. The molecule has 3 aromatic rings. The van der Waals surface area contributed by atoms with Gasteiger partial charge in [-0.05, 0) is 43.0 Å². The number of carbonyl (C=O) groups excluding carboxylic acids is 2. The predicted molar refractivity (Wildman–Crippen MR) is 132 cm³/mol. The lowest BCUT2D eigenvalue weighted by molar-refractivity contribution is -0.153.